The highest BCUT2D eigenvalue weighted by molar-refractivity contribution is 7.90. The van der Waals surface area contributed by atoms with Crippen molar-refractivity contribution in [1.82, 2.24) is 9.62 Å². The Hall–Kier alpha value is -2.52. The van der Waals surface area contributed by atoms with Crippen LogP contribution >= 0.6 is 0 Å². The SMILES string of the molecule is NC12CC=CN=C1N(S(=O)(=O)c1ccccc1)C(=O)NC2=O. The average molecular weight is 320 g/mol. The van der Waals surface area contributed by atoms with Gasteiger partial charge in [0.15, 0.2) is 11.4 Å². The van der Waals surface area contributed by atoms with Gasteiger partial charge in [0.1, 0.15) is 0 Å². The van der Waals surface area contributed by atoms with Gasteiger partial charge in [0.2, 0.25) is 0 Å². The average Bonchev–Trinajstić information content (AvgIpc) is 2.49. The number of amidine groups is 1. The van der Waals surface area contributed by atoms with E-state index in [1.165, 1.54) is 36.5 Å². The molecular formula is C13H12N4O4S. The maximum atomic E-state index is 12.7. The summed E-state index contributed by atoms with van der Waals surface area (Å²) in [6, 6.07) is 6.29. The molecule has 1 atom stereocenters. The Balaban J connectivity index is 2.17. The topological polar surface area (TPSA) is 122 Å². The van der Waals surface area contributed by atoms with E-state index in [9.17, 15) is 18.0 Å². The Morgan fingerprint density at radius 2 is 1.91 bits per heavy atom. The van der Waals surface area contributed by atoms with Crippen LogP contribution in [-0.4, -0.2) is 36.0 Å². The Morgan fingerprint density at radius 3 is 2.59 bits per heavy atom. The zero-order chi connectivity index (χ0) is 16.0. The van der Waals surface area contributed by atoms with E-state index in [0.717, 1.165) is 0 Å². The second-order valence-corrected chi connectivity index (χ2v) is 6.64. The first-order valence-corrected chi connectivity index (χ1v) is 7.79. The molecule has 9 heteroatoms. The van der Waals surface area contributed by atoms with Crippen molar-refractivity contribution in [3.63, 3.8) is 0 Å². The molecule has 2 heterocycles. The number of imide groups is 1. The smallest absolute Gasteiger partial charge is 0.311 e. The molecule has 8 nitrogen and oxygen atoms in total. The highest BCUT2D eigenvalue weighted by Crippen LogP contribution is 2.27. The van der Waals surface area contributed by atoms with Gasteiger partial charge in [-0.2, -0.15) is 4.31 Å². The van der Waals surface area contributed by atoms with Crippen LogP contribution in [-0.2, 0) is 14.8 Å². The van der Waals surface area contributed by atoms with E-state index in [-0.39, 0.29) is 17.2 Å². The number of hydrogen-bond donors (Lipinski definition) is 2. The number of benzene rings is 1. The van der Waals surface area contributed by atoms with E-state index < -0.39 is 27.5 Å². The predicted octanol–water partition coefficient (Wildman–Crippen LogP) is -0.0595. The summed E-state index contributed by atoms with van der Waals surface area (Å²) in [7, 11) is -4.22. The lowest BCUT2D eigenvalue weighted by Gasteiger charge is -2.39. The third-order valence-corrected chi connectivity index (χ3v) is 5.11. The number of nitrogens with one attached hydrogen (secondary N) is 1. The maximum Gasteiger partial charge on any atom is 0.343 e. The number of rotatable bonds is 2. The van der Waals surface area contributed by atoms with Gasteiger partial charge in [0.25, 0.3) is 15.9 Å². The molecule has 0 radical (unpaired) electrons. The number of urea groups is 1. The van der Waals surface area contributed by atoms with E-state index in [1.54, 1.807) is 6.07 Å². The van der Waals surface area contributed by atoms with Crippen LogP contribution < -0.4 is 11.1 Å². The van der Waals surface area contributed by atoms with Gasteiger partial charge in [0.05, 0.1) is 4.90 Å². The molecule has 2 aliphatic rings. The monoisotopic (exact) mass is 320 g/mol. The minimum absolute atomic E-state index is 0.0474. The number of hydrogen-bond acceptors (Lipinski definition) is 6. The molecule has 1 aromatic rings. The van der Waals surface area contributed by atoms with Crippen molar-refractivity contribution in [3.8, 4) is 0 Å². The van der Waals surface area contributed by atoms with Crippen molar-refractivity contribution < 1.29 is 18.0 Å². The summed E-state index contributed by atoms with van der Waals surface area (Å²) in [5.41, 5.74) is 4.29. The Bertz CT molecular complexity index is 816. The molecule has 3 N–H and O–H groups in total. The molecule has 0 aromatic heterocycles. The molecule has 0 spiro atoms. The fourth-order valence-electron chi connectivity index (χ4n) is 2.27. The molecule has 2 aliphatic heterocycles. The van der Waals surface area contributed by atoms with Gasteiger partial charge in [-0.05, 0) is 12.1 Å². The Morgan fingerprint density at radius 1 is 1.23 bits per heavy atom. The molecule has 3 amide bonds. The highest BCUT2D eigenvalue weighted by Gasteiger charge is 2.53. The number of nitrogens with zero attached hydrogens (tertiary/aromatic N) is 2. The summed E-state index contributed by atoms with van der Waals surface area (Å²) in [6.07, 6.45) is 2.90. The van der Waals surface area contributed by atoms with E-state index >= 15 is 0 Å². The van der Waals surface area contributed by atoms with Crippen molar-refractivity contribution in [3.05, 3.63) is 42.6 Å². The summed E-state index contributed by atoms with van der Waals surface area (Å²) in [6.45, 7) is 0. The molecule has 1 fully saturated rings. The van der Waals surface area contributed by atoms with Crippen LogP contribution in [0.1, 0.15) is 6.42 Å². The van der Waals surface area contributed by atoms with Gasteiger partial charge >= 0.3 is 6.03 Å². The summed E-state index contributed by atoms with van der Waals surface area (Å²) in [4.78, 5) is 27.8. The summed E-state index contributed by atoms with van der Waals surface area (Å²) < 4.78 is 25.8. The first kappa shape index (κ1) is 14.4. The van der Waals surface area contributed by atoms with Gasteiger partial charge in [0, 0.05) is 12.6 Å². The molecule has 22 heavy (non-hydrogen) atoms. The molecule has 0 aliphatic carbocycles. The molecule has 114 valence electrons. The molecule has 1 aromatic carbocycles. The third-order valence-electron chi connectivity index (χ3n) is 3.42. The Labute approximate surface area is 126 Å². The van der Waals surface area contributed by atoms with Crippen LogP contribution in [0.3, 0.4) is 0 Å². The van der Waals surface area contributed by atoms with E-state index in [0.29, 0.717) is 4.31 Å². The van der Waals surface area contributed by atoms with Crippen molar-refractivity contribution >= 4 is 27.8 Å². The fraction of sp³-hybridized carbons (Fsp3) is 0.154. The van der Waals surface area contributed by atoms with Gasteiger partial charge in [-0.25, -0.2) is 18.2 Å². The number of fused-ring (bicyclic) bond motifs is 1. The van der Waals surface area contributed by atoms with Crippen molar-refractivity contribution in [2.45, 2.75) is 16.9 Å². The van der Waals surface area contributed by atoms with Gasteiger partial charge in [-0.1, -0.05) is 24.3 Å². The zero-order valence-electron chi connectivity index (χ0n) is 11.3. The second kappa shape index (κ2) is 4.75. The number of amides is 3. The largest absolute Gasteiger partial charge is 0.343 e. The lowest BCUT2D eigenvalue weighted by molar-refractivity contribution is -0.123. The van der Waals surface area contributed by atoms with Gasteiger partial charge in [-0.15, -0.1) is 0 Å². The van der Waals surface area contributed by atoms with Crippen LogP contribution in [0.5, 0.6) is 0 Å². The fourth-order valence-corrected chi connectivity index (χ4v) is 3.69. The van der Waals surface area contributed by atoms with E-state index in [4.69, 9.17) is 5.73 Å². The van der Waals surface area contributed by atoms with Crippen molar-refractivity contribution in [2.24, 2.45) is 10.7 Å². The first-order valence-electron chi connectivity index (χ1n) is 6.35. The molecule has 3 rings (SSSR count). The van der Waals surface area contributed by atoms with Crippen LogP contribution in [0.15, 0.2) is 52.5 Å². The molecule has 0 bridgehead atoms. The van der Waals surface area contributed by atoms with Gasteiger partial charge in [-0.3, -0.25) is 10.1 Å². The summed E-state index contributed by atoms with van der Waals surface area (Å²) in [5, 5.41) is 1.97. The molecule has 0 saturated carbocycles. The number of carbonyl (C=O) groups excluding carboxylic acids is 2. The van der Waals surface area contributed by atoms with Crippen LogP contribution in [0.2, 0.25) is 0 Å². The van der Waals surface area contributed by atoms with E-state index in [2.05, 4.69) is 4.99 Å². The predicted molar refractivity (Wildman–Crippen MR) is 77.1 cm³/mol. The standard InChI is InChI=1S/C13H12N4O4S/c14-13-7-4-8-15-10(13)17(12(19)16-11(13)18)22(20,21)9-5-2-1-3-6-9/h1-6,8H,7,14H2,(H,16,18,19). The Kier molecular flexibility index (Phi) is 3.11. The van der Waals surface area contributed by atoms with E-state index in [1.807, 2.05) is 5.32 Å². The lowest BCUT2D eigenvalue weighted by Crippen LogP contribution is -2.72. The number of nitrogens with two attached hydrogens (primary N) is 1. The minimum atomic E-state index is -4.22. The molecule has 1 saturated heterocycles. The van der Waals surface area contributed by atoms with Crippen LogP contribution in [0.4, 0.5) is 4.79 Å². The third kappa shape index (κ3) is 1.94. The molecule has 1 unspecified atom stereocenters. The van der Waals surface area contributed by atoms with Gasteiger partial charge < -0.3 is 5.73 Å². The molecular weight excluding hydrogens is 308 g/mol. The quantitative estimate of drug-likeness (QED) is 0.790. The summed E-state index contributed by atoms with van der Waals surface area (Å²) >= 11 is 0. The maximum absolute atomic E-state index is 12.7. The van der Waals surface area contributed by atoms with Crippen LogP contribution in [0.25, 0.3) is 0 Å². The number of aliphatic imine (C=N–C) groups is 1. The van der Waals surface area contributed by atoms with Crippen molar-refractivity contribution in [1.29, 1.82) is 0 Å². The second-order valence-electron chi connectivity index (χ2n) is 4.85. The highest BCUT2D eigenvalue weighted by atomic mass is 32.2. The number of sulfonamides is 1. The normalized spacial score (nSPS) is 24.6. The zero-order valence-corrected chi connectivity index (χ0v) is 12.1. The minimum Gasteiger partial charge on any atom is -0.311 e. The lowest BCUT2D eigenvalue weighted by atomic mass is 9.90. The number of carbonyl (C=O) groups is 2. The van der Waals surface area contributed by atoms with Crippen LogP contribution in [0, 0.1) is 0 Å². The first-order chi connectivity index (χ1) is 10.4. The summed E-state index contributed by atoms with van der Waals surface area (Å²) in [5.74, 6) is -1.08. The van der Waals surface area contributed by atoms with Crippen molar-refractivity contribution in [2.75, 3.05) is 0 Å².